The predicted molar refractivity (Wildman–Crippen MR) is 83.4 cm³/mol. The van der Waals surface area contributed by atoms with Crippen molar-refractivity contribution in [1.82, 2.24) is 19.9 Å². The fourth-order valence-electron chi connectivity index (χ4n) is 2.59. The van der Waals surface area contributed by atoms with E-state index in [-0.39, 0.29) is 18.1 Å². The van der Waals surface area contributed by atoms with Gasteiger partial charge in [0, 0.05) is 19.1 Å². The van der Waals surface area contributed by atoms with Crippen LogP contribution in [0.25, 0.3) is 0 Å². The molecule has 1 saturated carbocycles. The number of likely N-dealkylation sites (N-methyl/N-ethyl adjacent to an activating group) is 1. The Morgan fingerprint density at radius 3 is 2.67 bits per heavy atom. The molecule has 1 aliphatic rings. The zero-order chi connectivity index (χ0) is 15.2. The van der Waals surface area contributed by atoms with Crippen LogP contribution in [-0.2, 0) is 0 Å². The van der Waals surface area contributed by atoms with E-state index in [1.807, 2.05) is 13.8 Å². The molecule has 1 aromatic heterocycles. The summed E-state index contributed by atoms with van der Waals surface area (Å²) in [5, 5.41) is 3.19. The molecule has 0 aromatic carbocycles. The van der Waals surface area contributed by atoms with E-state index in [0.29, 0.717) is 5.95 Å². The van der Waals surface area contributed by atoms with Crippen molar-refractivity contribution < 1.29 is 4.74 Å². The molecule has 0 unspecified atom stereocenters. The van der Waals surface area contributed by atoms with Crippen LogP contribution in [0.1, 0.15) is 39.5 Å². The van der Waals surface area contributed by atoms with Crippen molar-refractivity contribution in [3.8, 4) is 6.01 Å². The molecule has 2 rings (SSSR count). The Kier molecular flexibility index (Phi) is 5.55. The van der Waals surface area contributed by atoms with Crippen LogP contribution in [0.2, 0.25) is 0 Å². The summed E-state index contributed by atoms with van der Waals surface area (Å²) in [5.41, 5.74) is 5.67. The Labute approximate surface area is 126 Å². The molecule has 0 saturated heterocycles. The van der Waals surface area contributed by atoms with E-state index < -0.39 is 0 Å². The Hall–Kier alpha value is -1.63. The highest BCUT2D eigenvalue weighted by molar-refractivity contribution is 5.32. The van der Waals surface area contributed by atoms with Crippen molar-refractivity contribution in [2.24, 2.45) is 0 Å². The van der Waals surface area contributed by atoms with Gasteiger partial charge in [-0.1, -0.05) is 12.8 Å². The van der Waals surface area contributed by atoms with Gasteiger partial charge in [-0.05, 0) is 33.7 Å². The van der Waals surface area contributed by atoms with Gasteiger partial charge in [0.2, 0.25) is 11.9 Å². The Morgan fingerprint density at radius 2 is 2.00 bits per heavy atom. The number of nitrogen functional groups attached to an aromatic ring is 1. The lowest BCUT2D eigenvalue weighted by Crippen LogP contribution is -2.33. The number of hydrogen-bond acceptors (Lipinski definition) is 7. The van der Waals surface area contributed by atoms with E-state index in [2.05, 4.69) is 32.2 Å². The van der Waals surface area contributed by atoms with Crippen molar-refractivity contribution >= 4 is 11.9 Å². The molecule has 1 aliphatic carbocycles. The van der Waals surface area contributed by atoms with E-state index in [4.69, 9.17) is 10.5 Å². The molecular formula is C14H26N6O. The number of hydrogen-bond donors (Lipinski definition) is 2. The third-order valence-electron chi connectivity index (χ3n) is 3.67. The number of rotatable bonds is 7. The SMILES string of the molecule is CC(C)Oc1nc(N)nc(NCCN(C)C2CCCC2)n1. The van der Waals surface area contributed by atoms with E-state index in [0.717, 1.165) is 19.1 Å². The lowest BCUT2D eigenvalue weighted by Gasteiger charge is -2.23. The van der Waals surface area contributed by atoms with Gasteiger partial charge in [0.25, 0.3) is 0 Å². The number of aromatic nitrogens is 3. The lowest BCUT2D eigenvalue weighted by molar-refractivity contribution is 0.222. The Morgan fingerprint density at radius 1 is 1.29 bits per heavy atom. The molecule has 0 atom stereocenters. The first kappa shape index (κ1) is 15.8. The third kappa shape index (κ3) is 5.00. The highest BCUT2D eigenvalue weighted by Crippen LogP contribution is 2.22. The number of nitrogens with two attached hydrogens (primary N) is 1. The Bertz CT molecular complexity index is 447. The molecule has 1 heterocycles. The van der Waals surface area contributed by atoms with E-state index in [9.17, 15) is 0 Å². The second-order valence-electron chi connectivity index (χ2n) is 5.81. The molecule has 1 fully saturated rings. The Balaban J connectivity index is 1.83. The van der Waals surface area contributed by atoms with Gasteiger partial charge in [0.05, 0.1) is 6.10 Å². The monoisotopic (exact) mass is 294 g/mol. The van der Waals surface area contributed by atoms with Gasteiger partial charge in [-0.3, -0.25) is 0 Å². The van der Waals surface area contributed by atoms with Crippen LogP contribution in [0.4, 0.5) is 11.9 Å². The second-order valence-corrected chi connectivity index (χ2v) is 5.81. The van der Waals surface area contributed by atoms with Crippen LogP contribution < -0.4 is 15.8 Å². The number of nitrogens with zero attached hydrogens (tertiary/aromatic N) is 4. The zero-order valence-electron chi connectivity index (χ0n) is 13.2. The van der Waals surface area contributed by atoms with Gasteiger partial charge in [-0.25, -0.2) is 0 Å². The molecule has 1 aromatic rings. The summed E-state index contributed by atoms with van der Waals surface area (Å²) in [6, 6.07) is 0.985. The lowest BCUT2D eigenvalue weighted by atomic mass is 10.2. The molecule has 7 heteroatoms. The maximum atomic E-state index is 5.67. The summed E-state index contributed by atoms with van der Waals surface area (Å²) in [7, 11) is 2.17. The minimum absolute atomic E-state index is 0.00755. The van der Waals surface area contributed by atoms with E-state index in [1.165, 1.54) is 25.7 Å². The number of anilines is 2. The first-order valence-corrected chi connectivity index (χ1v) is 7.67. The molecule has 7 nitrogen and oxygen atoms in total. The van der Waals surface area contributed by atoms with Gasteiger partial charge in [0.15, 0.2) is 0 Å². The average molecular weight is 294 g/mol. The topological polar surface area (TPSA) is 89.2 Å². The van der Waals surface area contributed by atoms with Crippen LogP contribution >= 0.6 is 0 Å². The summed E-state index contributed by atoms with van der Waals surface area (Å²) < 4.78 is 5.45. The highest BCUT2D eigenvalue weighted by Gasteiger charge is 2.18. The fraction of sp³-hybridized carbons (Fsp3) is 0.786. The van der Waals surface area contributed by atoms with Gasteiger partial charge in [0.1, 0.15) is 0 Å². The second kappa shape index (κ2) is 7.40. The minimum Gasteiger partial charge on any atom is -0.461 e. The van der Waals surface area contributed by atoms with Crippen molar-refractivity contribution in [2.45, 2.75) is 51.7 Å². The van der Waals surface area contributed by atoms with Crippen molar-refractivity contribution in [3.63, 3.8) is 0 Å². The summed E-state index contributed by atoms with van der Waals surface area (Å²) in [6.07, 6.45) is 5.32. The standard InChI is InChI=1S/C14H26N6O/c1-10(2)21-14-18-12(15)17-13(19-14)16-8-9-20(3)11-6-4-5-7-11/h10-11H,4-9H2,1-3H3,(H3,15,16,17,18,19). The molecule has 21 heavy (non-hydrogen) atoms. The van der Waals surface area contributed by atoms with Crippen LogP contribution in [0.5, 0.6) is 6.01 Å². The van der Waals surface area contributed by atoms with Crippen molar-refractivity contribution in [2.75, 3.05) is 31.2 Å². The van der Waals surface area contributed by atoms with Crippen LogP contribution in [0.3, 0.4) is 0 Å². The largest absolute Gasteiger partial charge is 0.461 e. The maximum absolute atomic E-state index is 5.67. The molecule has 0 aliphatic heterocycles. The molecule has 118 valence electrons. The van der Waals surface area contributed by atoms with Crippen molar-refractivity contribution in [3.05, 3.63) is 0 Å². The molecule has 0 amide bonds. The molecule has 0 spiro atoms. The quantitative estimate of drug-likeness (QED) is 0.788. The van der Waals surface area contributed by atoms with E-state index in [1.54, 1.807) is 0 Å². The van der Waals surface area contributed by atoms with Crippen LogP contribution in [0, 0.1) is 0 Å². The summed E-state index contributed by atoms with van der Waals surface area (Å²) in [4.78, 5) is 14.7. The fourth-order valence-corrected chi connectivity index (χ4v) is 2.59. The zero-order valence-corrected chi connectivity index (χ0v) is 13.2. The molecule has 0 radical (unpaired) electrons. The van der Waals surface area contributed by atoms with Gasteiger partial charge in [-0.15, -0.1) is 0 Å². The average Bonchev–Trinajstić information content (AvgIpc) is 2.90. The summed E-state index contributed by atoms with van der Waals surface area (Å²) in [5.74, 6) is 0.644. The van der Waals surface area contributed by atoms with Gasteiger partial charge >= 0.3 is 6.01 Å². The first-order valence-electron chi connectivity index (χ1n) is 7.67. The molecule has 0 bridgehead atoms. The number of nitrogens with one attached hydrogen (secondary N) is 1. The minimum atomic E-state index is 0.00755. The van der Waals surface area contributed by atoms with Crippen molar-refractivity contribution in [1.29, 1.82) is 0 Å². The maximum Gasteiger partial charge on any atom is 0.323 e. The molecule has 3 N–H and O–H groups in total. The van der Waals surface area contributed by atoms with Gasteiger partial charge in [-0.2, -0.15) is 15.0 Å². The highest BCUT2D eigenvalue weighted by atomic mass is 16.5. The first-order chi connectivity index (χ1) is 10.0. The summed E-state index contributed by atoms with van der Waals surface area (Å²) >= 11 is 0. The smallest absolute Gasteiger partial charge is 0.323 e. The van der Waals surface area contributed by atoms with Crippen LogP contribution in [-0.4, -0.2) is 52.1 Å². The summed E-state index contributed by atoms with van der Waals surface area (Å²) in [6.45, 7) is 5.57. The predicted octanol–water partition coefficient (Wildman–Crippen LogP) is 1.53. The van der Waals surface area contributed by atoms with Crippen LogP contribution in [0.15, 0.2) is 0 Å². The van der Waals surface area contributed by atoms with Gasteiger partial charge < -0.3 is 20.7 Å². The normalized spacial score (nSPS) is 15.9. The third-order valence-corrected chi connectivity index (χ3v) is 3.67. The van der Waals surface area contributed by atoms with E-state index >= 15 is 0 Å². The molecular weight excluding hydrogens is 268 g/mol. The number of ether oxygens (including phenoxy) is 1.